The maximum Gasteiger partial charge on any atom is 0.149 e. The van der Waals surface area contributed by atoms with E-state index in [4.69, 9.17) is 5.73 Å². The molecule has 0 saturated heterocycles. The lowest BCUT2D eigenvalue weighted by atomic mass is 10.2. The van der Waals surface area contributed by atoms with Crippen LogP contribution in [0.3, 0.4) is 0 Å². The fraction of sp³-hybridized carbons (Fsp3) is 0.154. The minimum absolute atomic E-state index is 0.526. The van der Waals surface area contributed by atoms with Gasteiger partial charge in [-0.05, 0) is 30.1 Å². The van der Waals surface area contributed by atoms with Crippen molar-refractivity contribution < 1.29 is 0 Å². The van der Waals surface area contributed by atoms with Gasteiger partial charge in [0, 0.05) is 30.0 Å². The van der Waals surface area contributed by atoms with Crippen LogP contribution in [0.25, 0.3) is 10.6 Å². The summed E-state index contributed by atoms with van der Waals surface area (Å²) in [6.07, 6.45) is 3.60. The van der Waals surface area contributed by atoms with E-state index in [2.05, 4.69) is 19.7 Å². The molecule has 3 heterocycles. The molecule has 0 bridgehead atoms. The van der Waals surface area contributed by atoms with Gasteiger partial charge in [0.1, 0.15) is 15.8 Å². The Kier molecular flexibility index (Phi) is 3.62. The quantitative estimate of drug-likeness (QED) is 0.774. The number of nitrogens with two attached hydrogens (primary N) is 1. The Bertz CT molecular complexity index is 705. The van der Waals surface area contributed by atoms with Gasteiger partial charge in [-0.25, -0.2) is 4.98 Å². The molecular weight excluding hydrogens is 290 g/mol. The number of hydrogen-bond acceptors (Lipinski definition) is 7. The van der Waals surface area contributed by atoms with Gasteiger partial charge >= 0.3 is 0 Å². The number of rotatable bonds is 4. The molecule has 102 valence electrons. The van der Waals surface area contributed by atoms with Crippen LogP contribution in [-0.2, 0) is 6.54 Å². The molecule has 0 aliphatic heterocycles. The van der Waals surface area contributed by atoms with E-state index < -0.39 is 0 Å². The van der Waals surface area contributed by atoms with Crippen molar-refractivity contribution in [3.63, 3.8) is 0 Å². The number of hydrogen-bond donors (Lipinski definition) is 2. The van der Waals surface area contributed by atoms with E-state index in [0.29, 0.717) is 12.4 Å². The fourth-order valence-electron chi connectivity index (χ4n) is 1.78. The standard InChI is InChI=1S/C13H13N5S2/c1-8-7-19-13(17-8)10-11(14)18-20-12(10)16-6-9-3-2-4-15-5-9/h2-5,7,16H,6H2,1H3,(H2,14,18). The first-order valence-corrected chi connectivity index (χ1v) is 7.70. The predicted octanol–water partition coefficient (Wildman–Crippen LogP) is 3.16. The number of nitrogens with zero attached hydrogens (tertiary/aromatic N) is 3. The lowest BCUT2D eigenvalue weighted by Crippen LogP contribution is -1.99. The number of thiazole rings is 1. The van der Waals surface area contributed by atoms with E-state index in [9.17, 15) is 0 Å². The fourth-order valence-corrected chi connectivity index (χ4v) is 3.41. The molecule has 0 atom stereocenters. The molecule has 3 aromatic rings. The first kappa shape index (κ1) is 13.0. The molecule has 0 aliphatic carbocycles. The van der Waals surface area contributed by atoms with Crippen molar-refractivity contribution in [2.24, 2.45) is 0 Å². The third-order valence-electron chi connectivity index (χ3n) is 2.73. The van der Waals surface area contributed by atoms with E-state index in [-0.39, 0.29) is 0 Å². The Morgan fingerprint density at radius 1 is 1.40 bits per heavy atom. The number of pyridine rings is 1. The van der Waals surface area contributed by atoms with Gasteiger partial charge in [0.15, 0.2) is 0 Å². The minimum atomic E-state index is 0.526. The van der Waals surface area contributed by atoms with Crippen LogP contribution in [0.2, 0.25) is 0 Å². The summed E-state index contributed by atoms with van der Waals surface area (Å²) in [5.41, 5.74) is 8.97. The third-order valence-corrected chi connectivity index (χ3v) is 4.52. The van der Waals surface area contributed by atoms with Crippen LogP contribution in [0.1, 0.15) is 11.3 Å². The number of aromatic nitrogens is 3. The second-order valence-corrected chi connectivity index (χ2v) is 5.91. The minimum Gasteiger partial charge on any atom is -0.382 e. The maximum atomic E-state index is 5.97. The Labute approximate surface area is 124 Å². The monoisotopic (exact) mass is 303 g/mol. The molecule has 3 aromatic heterocycles. The van der Waals surface area contributed by atoms with Crippen molar-refractivity contribution >= 4 is 33.7 Å². The Balaban J connectivity index is 1.84. The Hall–Kier alpha value is -1.99. The molecule has 0 aromatic carbocycles. The molecule has 0 amide bonds. The first-order chi connectivity index (χ1) is 9.74. The third kappa shape index (κ3) is 2.63. The van der Waals surface area contributed by atoms with E-state index in [1.807, 2.05) is 30.6 Å². The summed E-state index contributed by atoms with van der Waals surface area (Å²) in [6, 6.07) is 3.95. The maximum absolute atomic E-state index is 5.97. The SMILES string of the molecule is Cc1csc(-c2c(N)nsc2NCc2cccnc2)n1. The van der Waals surface area contributed by atoms with Crippen molar-refractivity contribution in [2.45, 2.75) is 13.5 Å². The molecule has 3 N–H and O–H groups in total. The van der Waals surface area contributed by atoms with Gasteiger partial charge < -0.3 is 11.1 Å². The van der Waals surface area contributed by atoms with Crippen molar-refractivity contribution in [3.05, 3.63) is 41.2 Å². The molecule has 3 rings (SSSR count). The molecule has 0 fully saturated rings. The largest absolute Gasteiger partial charge is 0.382 e. The molecule has 0 aliphatic rings. The molecule has 5 nitrogen and oxygen atoms in total. The van der Waals surface area contributed by atoms with Gasteiger partial charge in [0.05, 0.1) is 5.56 Å². The molecule has 0 unspecified atom stereocenters. The summed E-state index contributed by atoms with van der Waals surface area (Å²) >= 11 is 2.94. The Morgan fingerprint density at radius 2 is 2.30 bits per heavy atom. The van der Waals surface area contributed by atoms with Crippen LogP contribution in [-0.4, -0.2) is 14.3 Å². The molecule has 0 radical (unpaired) electrons. The van der Waals surface area contributed by atoms with Crippen molar-refractivity contribution in [1.29, 1.82) is 0 Å². The van der Waals surface area contributed by atoms with E-state index >= 15 is 0 Å². The van der Waals surface area contributed by atoms with Crippen LogP contribution in [0.5, 0.6) is 0 Å². The van der Waals surface area contributed by atoms with Crippen LogP contribution in [0.4, 0.5) is 10.8 Å². The number of nitrogens with one attached hydrogen (secondary N) is 1. The summed E-state index contributed by atoms with van der Waals surface area (Å²) in [7, 11) is 0. The highest BCUT2D eigenvalue weighted by atomic mass is 32.1. The van der Waals surface area contributed by atoms with Gasteiger partial charge in [0.25, 0.3) is 0 Å². The zero-order chi connectivity index (χ0) is 13.9. The first-order valence-electron chi connectivity index (χ1n) is 6.04. The average molecular weight is 303 g/mol. The van der Waals surface area contributed by atoms with Gasteiger partial charge in [-0.2, -0.15) is 4.37 Å². The summed E-state index contributed by atoms with van der Waals surface area (Å²) in [5, 5.41) is 7.22. The average Bonchev–Trinajstić information content (AvgIpc) is 3.03. The molecule has 0 saturated carbocycles. The lowest BCUT2D eigenvalue weighted by molar-refractivity contribution is 1.12. The highest BCUT2D eigenvalue weighted by Gasteiger charge is 2.16. The highest BCUT2D eigenvalue weighted by molar-refractivity contribution is 7.15. The highest BCUT2D eigenvalue weighted by Crippen LogP contribution is 2.38. The smallest absolute Gasteiger partial charge is 0.149 e. The van der Waals surface area contributed by atoms with Gasteiger partial charge in [0.2, 0.25) is 0 Å². The molecular formula is C13H13N5S2. The van der Waals surface area contributed by atoms with Gasteiger partial charge in [-0.15, -0.1) is 11.3 Å². The van der Waals surface area contributed by atoms with Crippen molar-refractivity contribution in [1.82, 2.24) is 14.3 Å². The zero-order valence-corrected chi connectivity index (χ0v) is 12.5. The van der Waals surface area contributed by atoms with Crippen LogP contribution in [0, 0.1) is 6.92 Å². The van der Waals surface area contributed by atoms with Gasteiger partial charge in [-0.1, -0.05) is 6.07 Å². The van der Waals surface area contributed by atoms with Crippen molar-refractivity contribution in [3.8, 4) is 10.6 Å². The lowest BCUT2D eigenvalue weighted by Gasteiger charge is -2.05. The van der Waals surface area contributed by atoms with E-state index in [1.165, 1.54) is 11.5 Å². The molecule has 0 spiro atoms. The molecule has 7 heteroatoms. The summed E-state index contributed by atoms with van der Waals surface area (Å²) in [6.45, 7) is 2.66. The van der Waals surface area contributed by atoms with Crippen LogP contribution < -0.4 is 11.1 Å². The number of nitrogen functional groups attached to an aromatic ring is 1. The number of anilines is 2. The normalized spacial score (nSPS) is 10.7. The topological polar surface area (TPSA) is 76.7 Å². The predicted molar refractivity (Wildman–Crippen MR) is 83.9 cm³/mol. The Morgan fingerprint density at radius 3 is 3.00 bits per heavy atom. The second-order valence-electron chi connectivity index (χ2n) is 4.28. The number of aryl methyl sites for hydroxylation is 1. The summed E-state index contributed by atoms with van der Waals surface area (Å²) in [5.74, 6) is 0.526. The summed E-state index contributed by atoms with van der Waals surface area (Å²) < 4.78 is 4.22. The second kappa shape index (κ2) is 5.56. The summed E-state index contributed by atoms with van der Waals surface area (Å²) in [4.78, 5) is 8.58. The molecule has 20 heavy (non-hydrogen) atoms. The van der Waals surface area contributed by atoms with E-state index in [1.54, 1.807) is 17.5 Å². The van der Waals surface area contributed by atoms with Crippen LogP contribution in [0.15, 0.2) is 29.9 Å². The van der Waals surface area contributed by atoms with Crippen LogP contribution >= 0.6 is 22.9 Å². The van der Waals surface area contributed by atoms with Crippen molar-refractivity contribution in [2.75, 3.05) is 11.1 Å². The zero-order valence-electron chi connectivity index (χ0n) is 10.8. The van der Waals surface area contributed by atoms with Gasteiger partial charge in [-0.3, -0.25) is 4.98 Å². The van der Waals surface area contributed by atoms with E-state index in [0.717, 1.165) is 26.8 Å².